The van der Waals surface area contributed by atoms with E-state index < -0.39 is 23.2 Å². The van der Waals surface area contributed by atoms with Crippen LogP contribution in [0.15, 0.2) is 27.5 Å². The number of hydrogen-bond acceptors (Lipinski definition) is 6. The van der Waals surface area contributed by atoms with Crippen LogP contribution in [-0.2, 0) is 0 Å². The lowest BCUT2D eigenvalue weighted by molar-refractivity contribution is 0.0651. The van der Waals surface area contributed by atoms with Gasteiger partial charge in [-0.15, -0.1) is 0 Å². The molecule has 92 valence electrons. The maximum Gasteiger partial charge on any atom is 0.374 e. The van der Waals surface area contributed by atoms with Gasteiger partial charge in [-0.05, 0) is 6.07 Å². The standard InChI is InChI=1S/C9H6N4O5/c14-7-2-1-6(11-12-7)10-8(15)4-3-5(9(16)17)18-13-4/h1-3H,(H,12,14)(H,16,17)(H,10,11,15). The summed E-state index contributed by atoms with van der Waals surface area (Å²) >= 11 is 0. The second kappa shape index (κ2) is 4.49. The molecular weight excluding hydrogens is 244 g/mol. The number of aromatic nitrogens is 3. The van der Waals surface area contributed by atoms with Crippen LogP contribution in [0, 0.1) is 0 Å². The fourth-order valence-electron chi connectivity index (χ4n) is 1.08. The van der Waals surface area contributed by atoms with Gasteiger partial charge in [-0.3, -0.25) is 9.59 Å². The van der Waals surface area contributed by atoms with E-state index in [1.54, 1.807) is 0 Å². The number of amides is 1. The van der Waals surface area contributed by atoms with Crippen molar-refractivity contribution in [1.82, 2.24) is 15.4 Å². The Morgan fingerprint density at radius 1 is 1.39 bits per heavy atom. The summed E-state index contributed by atoms with van der Waals surface area (Å²) in [6.07, 6.45) is 0. The van der Waals surface area contributed by atoms with E-state index in [2.05, 4.69) is 25.2 Å². The van der Waals surface area contributed by atoms with Gasteiger partial charge in [0.15, 0.2) is 11.5 Å². The zero-order valence-corrected chi connectivity index (χ0v) is 8.71. The largest absolute Gasteiger partial charge is 0.475 e. The first kappa shape index (κ1) is 11.5. The highest BCUT2D eigenvalue weighted by atomic mass is 16.5. The third-order valence-electron chi connectivity index (χ3n) is 1.87. The first-order valence-electron chi connectivity index (χ1n) is 4.63. The van der Waals surface area contributed by atoms with Crippen LogP contribution in [0.25, 0.3) is 0 Å². The predicted octanol–water partition coefficient (Wildman–Crippen LogP) is -0.292. The molecule has 0 unspecified atom stereocenters. The maximum absolute atomic E-state index is 11.6. The number of H-pyrrole nitrogens is 1. The molecule has 0 aliphatic carbocycles. The van der Waals surface area contributed by atoms with Gasteiger partial charge >= 0.3 is 5.97 Å². The van der Waals surface area contributed by atoms with Crippen molar-refractivity contribution < 1.29 is 19.2 Å². The van der Waals surface area contributed by atoms with Crippen molar-refractivity contribution in [2.45, 2.75) is 0 Å². The van der Waals surface area contributed by atoms with E-state index in [9.17, 15) is 14.4 Å². The second-order valence-corrected chi connectivity index (χ2v) is 3.14. The molecule has 0 saturated heterocycles. The average Bonchev–Trinajstić information content (AvgIpc) is 2.81. The Balaban J connectivity index is 2.14. The van der Waals surface area contributed by atoms with Gasteiger partial charge < -0.3 is 14.9 Å². The van der Waals surface area contributed by atoms with E-state index >= 15 is 0 Å². The van der Waals surface area contributed by atoms with E-state index in [0.717, 1.165) is 6.07 Å². The van der Waals surface area contributed by atoms with Crippen LogP contribution in [0.1, 0.15) is 21.0 Å². The van der Waals surface area contributed by atoms with Crippen molar-refractivity contribution in [3.63, 3.8) is 0 Å². The summed E-state index contributed by atoms with van der Waals surface area (Å²) in [5, 5.41) is 19.8. The molecular formula is C9H6N4O5. The van der Waals surface area contributed by atoms with E-state index in [1.165, 1.54) is 12.1 Å². The Labute approximate surface area is 98.4 Å². The molecule has 2 aromatic rings. The Kier molecular flexibility index (Phi) is 2.87. The maximum atomic E-state index is 11.6. The van der Waals surface area contributed by atoms with Gasteiger partial charge in [0, 0.05) is 12.1 Å². The van der Waals surface area contributed by atoms with Crippen molar-refractivity contribution in [3.05, 3.63) is 40.0 Å². The first-order valence-corrected chi connectivity index (χ1v) is 4.63. The van der Waals surface area contributed by atoms with Crippen molar-refractivity contribution in [3.8, 4) is 0 Å². The fraction of sp³-hybridized carbons (Fsp3) is 0. The van der Waals surface area contributed by atoms with Crippen LogP contribution in [-0.4, -0.2) is 32.3 Å². The SMILES string of the molecule is O=C(Nc1ccc(=O)[nH]n1)c1cc(C(=O)O)on1. The number of rotatable bonds is 3. The molecule has 0 spiro atoms. The van der Waals surface area contributed by atoms with Gasteiger partial charge in [-0.2, -0.15) is 5.10 Å². The molecule has 3 N–H and O–H groups in total. The fourth-order valence-corrected chi connectivity index (χ4v) is 1.08. The normalized spacial score (nSPS) is 10.0. The number of aromatic carboxylic acids is 1. The monoisotopic (exact) mass is 250 g/mol. The van der Waals surface area contributed by atoms with Gasteiger partial charge in [0.05, 0.1) is 0 Å². The highest BCUT2D eigenvalue weighted by molar-refractivity contribution is 6.03. The van der Waals surface area contributed by atoms with Gasteiger partial charge in [0.1, 0.15) is 0 Å². The number of carboxylic acids is 1. The summed E-state index contributed by atoms with van der Waals surface area (Å²) < 4.78 is 4.42. The van der Waals surface area contributed by atoms with Gasteiger partial charge in [-0.25, -0.2) is 9.89 Å². The molecule has 0 saturated carbocycles. The summed E-state index contributed by atoms with van der Waals surface area (Å²) in [5.41, 5.74) is -0.622. The highest BCUT2D eigenvalue weighted by Gasteiger charge is 2.16. The minimum atomic E-state index is -1.33. The zero-order valence-electron chi connectivity index (χ0n) is 8.71. The molecule has 2 heterocycles. The van der Waals surface area contributed by atoms with Crippen LogP contribution in [0.2, 0.25) is 0 Å². The molecule has 0 radical (unpaired) electrons. The van der Waals surface area contributed by atoms with Crippen LogP contribution in [0.5, 0.6) is 0 Å². The molecule has 0 aliphatic rings. The van der Waals surface area contributed by atoms with Crippen molar-refractivity contribution in [2.75, 3.05) is 5.32 Å². The summed E-state index contributed by atoms with van der Waals surface area (Å²) in [4.78, 5) is 32.8. The van der Waals surface area contributed by atoms with Crippen LogP contribution in [0.4, 0.5) is 5.82 Å². The second-order valence-electron chi connectivity index (χ2n) is 3.14. The third kappa shape index (κ3) is 2.40. The van der Waals surface area contributed by atoms with Crippen molar-refractivity contribution >= 4 is 17.7 Å². The summed E-state index contributed by atoms with van der Waals surface area (Å²) in [7, 11) is 0. The quantitative estimate of drug-likeness (QED) is 0.680. The molecule has 1 amide bonds. The molecule has 9 heteroatoms. The third-order valence-corrected chi connectivity index (χ3v) is 1.87. The Bertz CT molecular complexity index is 638. The molecule has 0 aromatic carbocycles. The molecule has 18 heavy (non-hydrogen) atoms. The Hall–Kier alpha value is -2.97. The summed E-state index contributed by atoms with van der Waals surface area (Å²) in [6.45, 7) is 0. The van der Waals surface area contributed by atoms with Crippen molar-refractivity contribution in [1.29, 1.82) is 0 Å². The lowest BCUT2D eigenvalue weighted by Crippen LogP contribution is -2.16. The Morgan fingerprint density at radius 2 is 2.17 bits per heavy atom. The number of hydrogen-bond donors (Lipinski definition) is 3. The highest BCUT2D eigenvalue weighted by Crippen LogP contribution is 2.06. The van der Waals surface area contributed by atoms with Gasteiger partial charge in [0.2, 0.25) is 5.76 Å². The number of carbonyl (C=O) groups excluding carboxylic acids is 1. The van der Waals surface area contributed by atoms with E-state index in [1.807, 2.05) is 0 Å². The topological polar surface area (TPSA) is 138 Å². The molecule has 0 aliphatic heterocycles. The number of anilines is 1. The summed E-state index contributed by atoms with van der Waals surface area (Å²) in [6, 6.07) is 3.44. The lowest BCUT2D eigenvalue weighted by Gasteiger charge is -1.99. The Morgan fingerprint density at radius 3 is 2.72 bits per heavy atom. The molecule has 9 nitrogen and oxygen atoms in total. The molecule has 0 bridgehead atoms. The van der Waals surface area contributed by atoms with Crippen LogP contribution < -0.4 is 10.9 Å². The minimum absolute atomic E-state index is 0.0967. The number of nitrogens with one attached hydrogen (secondary N) is 2. The first-order chi connectivity index (χ1) is 8.56. The van der Waals surface area contributed by atoms with Crippen LogP contribution in [0.3, 0.4) is 0 Å². The number of nitrogens with zero attached hydrogens (tertiary/aromatic N) is 2. The van der Waals surface area contributed by atoms with E-state index in [-0.39, 0.29) is 11.5 Å². The number of aromatic amines is 1. The van der Waals surface area contributed by atoms with Crippen molar-refractivity contribution in [2.24, 2.45) is 0 Å². The predicted molar refractivity (Wildman–Crippen MR) is 56.3 cm³/mol. The van der Waals surface area contributed by atoms with Crippen LogP contribution >= 0.6 is 0 Å². The molecule has 2 aromatic heterocycles. The molecule has 0 fully saturated rings. The molecule has 0 atom stereocenters. The summed E-state index contributed by atoms with van der Waals surface area (Å²) in [5.74, 6) is -2.39. The van der Waals surface area contributed by atoms with Gasteiger partial charge in [0.25, 0.3) is 11.5 Å². The van der Waals surface area contributed by atoms with E-state index in [4.69, 9.17) is 5.11 Å². The number of carboxylic acid groups (broad SMARTS) is 1. The lowest BCUT2D eigenvalue weighted by atomic mass is 10.3. The smallest absolute Gasteiger partial charge is 0.374 e. The average molecular weight is 250 g/mol. The van der Waals surface area contributed by atoms with Gasteiger partial charge in [-0.1, -0.05) is 5.16 Å². The van der Waals surface area contributed by atoms with E-state index in [0.29, 0.717) is 0 Å². The minimum Gasteiger partial charge on any atom is -0.475 e. The molecule has 2 rings (SSSR count). The number of carbonyl (C=O) groups is 2. The zero-order chi connectivity index (χ0) is 13.1.